The molecule has 2 aromatic rings. The first-order valence-electron chi connectivity index (χ1n) is 5.40. The smallest absolute Gasteiger partial charge is 0.161 e. The maximum Gasteiger partial charge on any atom is 0.161 e. The molecule has 0 atom stereocenters. The zero-order chi connectivity index (χ0) is 12.4. The van der Waals surface area contributed by atoms with Crippen molar-refractivity contribution in [3.05, 3.63) is 45.7 Å². The fraction of sp³-hybridized carbons (Fsp3) is 0.231. The Morgan fingerprint density at radius 3 is 2.53 bits per heavy atom. The first-order chi connectivity index (χ1) is 8.10. The van der Waals surface area contributed by atoms with Gasteiger partial charge in [-0.05, 0) is 31.0 Å². The fourth-order valence-corrected chi connectivity index (χ4v) is 1.89. The van der Waals surface area contributed by atoms with E-state index in [9.17, 15) is 0 Å². The molecule has 17 heavy (non-hydrogen) atoms. The van der Waals surface area contributed by atoms with Gasteiger partial charge in [-0.25, -0.2) is 9.97 Å². The van der Waals surface area contributed by atoms with Gasteiger partial charge in [-0.2, -0.15) is 0 Å². The van der Waals surface area contributed by atoms with Crippen LogP contribution in [0.4, 0.5) is 0 Å². The average Bonchev–Trinajstić information content (AvgIpc) is 2.32. The molecule has 0 fully saturated rings. The molecule has 4 heteroatoms. The van der Waals surface area contributed by atoms with Crippen LogP contribution >= 0.6 is 23.2 Å². The molecule has 1 heterocycles. The number of aromatic nitrogens is 2. The van der Waals surface area contributed by atoms with Gasteiger partial charge in [0, 0.05) is 16.3 Å². The van der Waals surface area contributed by atoms with E-state index in [1.807, 2.05) is 32.0 Å². The summed E-state index contributed by atoms with van der Waals surface area (Å²) < 4.78 is 0. The quantitative estimate of drug-likeness (QED) is 0.757. The Bertz CT molecular complexity index is 553. The second kappa shape index (κ2) is 5.03. The van der Waals surface area contributed by atoms with Gasteiger partial charge in [0.15, 0.2) is 5.82 Å². The van der Waals surface area contributed by atoms with Crippen LogP contribution in [-0.2, 0) is 6.42 Å². The van der Waals surface area contributed by atoms with Crippen LogP contribution in [0, 0.1) is 6.92 Å². The third-order valence-corrected chi connectivity index (χ3v) is 3.14. The minimum absolute atomic E-state index is 0.462. The van der Waals surface area contributed by atoms with Gasteiger partial charge in [-0.3, -0.25) is 0 Å². The molecule has 0 aliphatic heterocycles. The van der Waals surface area contributed by atoms with E-state index in [0.717, 1.165) is 23.2 Å². The fourth-order valence-electron chi connectivity index (χ4n) is 1.51. The monoisotopic (exact) mass is 266 g/mol. The van der Waals surface area contributed by atoms with Crippen molar-refractivity contribution in [3.8, 4) is 11.4 Å². The first kappa shape index (κ1) is 12.3. The van der Waals surface area contributed by atoms with Crippen molar-refractivity contribution in [2.75, 3.05) is 0 Å². The summed E-state index contributed by atoms with van der Waals surface area (Å²) in [6.45, 7) is 3.99. The Morgan fingerprint density at radius 2 is 1.88 bits per heavy atom. The van der Waals surface area contributed by atoms with E-state index in [-0.39, 0.29) is 0 Å². The number of benzene rings is 1. The Hall–Kier alpha value is -1.12. The van der Waals surface area contributed by atoms with Gasteiger partial charge in [0.1, 0.15) is 5.15 Å². The standard InChI is InChI=1S/C13H12Cl2N2/c1-3-10-7-12(15)17-13(16-10)9-5-4-8(2)11(14)6-9/h4-7H,3H2,1-2H3. The van der Waals surface area contributed by atoms with E-state index in [1.54, 1.807) is 6.07 Å². The Balaban J connectivity index is 2.52. The van der Waals surface area contributed by atoms with Crippen LogP contribution in [0.3, 0.4) is 0 Å². The molecule has 2 nitrogen and oxygen atoms in total. The predicted molar refractivity (Wildman–Crippen MR) is 71.6 cm³/mol. The zero-order valence-corrected chi connectivity index (χ0v) is 11.2. The molecule has 0 saturated heterocycles. The molecule has 0 aliphatic rings. The lowest BCUT2D eigenvalue weighted by Gasteiger charge is -2.05. The predicted octanol–water partition coefficient (Wildman–Crippen LogP) is 4.32. The summed E-state index contributed by atoms with van der Waals surface area (Å²) in [7, 11) is 0. The number of hydrogen-bond donors (Lipinski definition) is 0. The minimum atomic E-state index is 0.462. The molecule has 0 N–H and O–H groups in total. The van der Waals surface area contributed by atoms with Crippen LogP contribution in [0.2, 0.25) is 10.2 Å². The van der Waals surface area contributed by atoms with Crippen molar-refractivity contribution in [2.24, 2.45) is 0 Å². The highest BCUT2D eigenvalue weighted by atomic mass is 35.5. The van der Waals surface area contributed by atoms with Crippen molar-refractivity contribution >= 4 is 23.2 Å². The van der Waals surface area contributed by atoms with Gasteiger partial charge in [-0.15, -0.1) is 0 Å². The molecule has 0 aliphatic carbocycles. The highest BCUT2D eigenvalue weighted by Gasteiger charge is 2.06. The van der Waals surface area contributed by atoms with Gasteiger partial charge in [0.2, 0.25) is 0 Å². The molecule has 0 amide bonds. The highest BCUT2D eigenvalue weighted by Crippen LogP contribution is 2.24. The molecule has 0 bridgehead atoms. The molecule has 0 radical (unpaired) electrons. The van der Waals surface area contributed by atoms with Crippen LogP contribution in [0.15, 0.2) is 24.3 Å². The topological polar surface area (TPSA) is 25.8 Å². The molecule has 1 aromatic heterocycles. The Labute approximate surface area is 111 Å². The summed E-state index contributed by atoms with van der Waals surface area (Å²) >= 11 is 12.1. The molecule has 1 aromatic carbocycles. The van der Waals surface area contributed by atoms with E-state index in [2.05, 4.69) is 9.97 Å². The Kier molecular flexibility index (Phi) is 3.65. The lowest BCUT2D eigenvalue weighted by atomic mass is 10.1. The molecule has 2 rings (SSSR count). The summed E-state index contributed by atoms with van der Waals surface area (Å²) in [5.74, 6) is 0.622. The maximum atomic E-state index is 6.09. The summed E-state index contributed by atoms with van der Waals surface area (Å²) in [5.41, 5.74) is 2.85. The van der Waals surface area contributed by atoms with Crippen LogP contribution in [0.5, 0.6) is 0 Å². The molecular weight excluding hydrogens is 255 g/mol. The van der Waals surface area contributed by atoms with Crippen molar-refractivity contribution in [1.82, 2.24) is 9.97 Å². The van der Waals surface area contributed by atoms with Crippen molar-refractivity contribution in [3.63, 3.8) is 0 Å². The van der Waals surface area contributed by atoms with E-state index < -0.39 is 0 Å². The van der Waals surface area contributed by atoms with Crippen LogP contribution in [0.25, 0.3) is 11.4 Å². The normalized spacial score (nSPS) is 10.6. The second-order valence-corrected chi connectivity index (χ2v) is 4.62. The number of aryl methyl sites for hydroxylation is 2. The van der Waals surface area contributed by atoms with E-state index in [0.29, 0.717) is 16.0 Å². The van der Waals surface area contributed by atoms with Crippen molar-refractivity contribution < 1.29 is 0 Å². The van der Waals surface area contributed by atoms with Crippen LogP contribution in [-0.4, -0.2) is 9.97 Å². The largest absolute Gasteiger partial charge is 0.233 e. The lowest BCUT2D eigenvalue weighted by Crippen LogP contribution is -1.95. The summed E-state index contributed by atoms with van der Waals surface area (Å²) in [6.07, 6.45) is 0.828. The number of halogens is 2. The molecular formula is C13H12Cl2N2. The molecule has 0 saturated carbocycles. The molecule has 0 unspecified atom stereocenters. The second-order valence-electron chi connectivity index (χ2n) is 3.82. The highest BCUT2D eigenvalue weighted by molar-refractivity contribution is 6.31. The van der Waals surface area contributed by atoms with Gasteiger partial charge >= 0.3 is 0 Å². The number of rotatable bonds is 2. The average molecular weight is 267 g/mol. The Morgan fingerprint density at radius 1 is 1.12 bits per heavy atom. The van der Waals surface area contributed by atoms with E-state index >= 15 is 0 Å². The summed E-state index contributed by atoms with van der Waals surface area (Å²) in [5, 5.41) is 1.17. The minimum Gasteiger partial charge on any atom is -0.233 e. The SMILES string of the molecule is CCc1cc(Cl)nc(-c2ccc(C)c(Cl)c2)n1. The maximum absolute atomic E-state index is 6.09. The van der Waals surface area contributed by atoms with E-state index in [4.69, 9.17) is 23.2 Å². The van der Waals surface area contributed by atoms with Gasteiger partial charge in [0.25, 0.3) is 0 Å². The first-order valence-corrected chi connectivity index (χ1v) is 6.15. The van der Waals surface area contributed by atoms with Crippen molar-refractivity contribution in [1.29, 1.82) is 0 Å². The van der Waals surface area contributed by atoms with Gasteiger partial charge < -0.3 is 0 Å². The van der Waals surface area contributed by atoms with E-state index in [1.165, 1.54) is 0 Å². The van der Waals surface area contributed by atoms with Gasteiger partial charge in [-0.1, -0.05) is 42.3 Å². The van der Waals surface area contributed by atoms with Crippen LogP contribution in [0.1, 0.15) is 18.2 Å². The molecule has 0 spiro atoms. The van der Waals surface area contributed by atoms with Crippen LogP contribution < -0.4 is 0 Å². The number of nitrogens with zero attached hydrogens (tertiary/aromatic N) is 2. The van der Waals surface area contributed by atoms with Gasteiger partial charge in [0.05, 0.1) is 0 Å². The zero-order valence-electron chi connectivity index (χ0n) is 9.67. The number of hydrogen-bond acceptors (Lipinski definition) is 2. The van der Waals surface area contributed by atoms with Crippen molar-refractivity contribution in [2.45, 2.75) is 20.3 Å². The summed E-state index contributed by atoms with van der Waals surface area (Å²) in [6, 6.07) is 7.54. The summed E-state index contributed by atoms with van der Waals surface area (Å²) in [4.78, 5) is 8.66. The molecule has 88 valence electrons. The third-order valence-electron chi connectivity index (χ3n) is 2.54. The third kappa shape index (κ3) is 2.76. The lowest BCUT2D eigenvalue weighted by molar-refractivity contribution is 1.01.